The Kier molecular flexibility index (Phi) is 5.51. The fourth-order valence-corrected chi connectivity index (χ4v) is 2.71. The Morgan fingerprint density at radius 3 is 2.08 bits per heavy atom. The van der Waals surface area contributed by atoms with Crippen LogP contribution in [-0.4, -0.2) is 39.2 Å². The van der Waals surface area contributed by atoms with Gasteiger partial charge in [-0.25, -0.2) is 0 Å². The molecule has 0 amide bonds. The van der Waals surface area contributed by atoms with E-state index in [9.17, 15) is 4.79 Å². The van der Waals surface area contributed by atoms with Crippen molar-refractivity contribution in [2.24, 2.45) is 0 Å². The largest absolute Gasteiger partial charge is 0.494 e. The Labute approximate surface area is 145 Å². The molecule has 0 radical (unpaired) electrons. The highest BCUT2D eigenvalue weighted by atomic mass is 35.5. The van der Waals surface area contributed by atoms with Crippen LogP contribution in [0.2, 0.25) is 5.02 Å². The number of hydrogen-bond acceptors (Lipinski definition) is 6. The third-order valence-corrected chi connectivity index (χ3v) is 3.85. The molecular formula is C17H18ClNO5. The minimum Gasteiger partial charge on any atom is -0.494 e. The van der Waals surface area contributed by atoms with Crippen molar-refractivity contribution in [3.05, 3.63) is 40.2 Å². The number of carbonyl (C=O) groups is 1. The second-order valence-corrected chi connectivity index (χ2v) is 5.27. The maximum atomic E-state index is 13.1. The van der Waals surface area contributed by atoms with Gasteiger partial charge in [0.05, 0.1) is 50.8 Å². The summed E-state index contributed by atoms with van der Waals surface area (Å²) in [6.07, 6.45) is 2.82. The lowest BCUT2D eigenvalue weighted by Crippen LogP contribution is -2.11. The van der Waals surface area contributed by atoms with E-state index >= 15 is 0 Å². The second kappa shape index (κ2) is 7.40. The van der Waals surface area contributed by atoms with Gasteiger partial charge in [-0.1, -0.05) is 11.6 Å². The van der Waals surface area contributed by atoms with Crippen molar-refractivity contribution in [3.63, 3.8) is 0 Å². The van der Waals surface area contributed by atoms with Crippen LogP contribution in [0.5, 0.6) is 23.0 Å². The van der Waals surface area contributed by atoms with Crippen LogP contribution in [0.1, 0.15) is 21.5 Å². The lowest BCUT2D eigenvalue weighted by atomic mass is 9.97. The summed E-state index contributed by atoms with van der Waals surface area (Å²) < 4.78 is 21.3. The van der Waals surface area contributed by atoms with Crippen molar-refractivity contribution in [1.82, 2.24) is 4.98 Å². The molecule has 0 spiro atoms. The zero-order valence-corrected chi connectivity index (χ0v) is 14.9. The zero-order valence-electron chi connectivity index (χ0n) is 14.1. The summed E-state index contributed by atoms with van der Waals surface area (Å²) in [5.41, 5.74) is 1.19. The van der Waals surface area contributed by atoms with Crippen molar-refractivity contribution >= 4 is 17.4 Å². The average molecular weight is 352 g/mol. The monoisotopic (exact) mass is 351 g/mol. The van der Waals surface area contributed by atoms with E-state index in [-0.39, 0.29) is 27.9 Å². The van der Waals surface area contributed by atoms with Gasteiger partial charge < -0.3 is 18.9 Å². The molecule has 0 bridgehead atoms. The fourth-order valence-electron chi connectivity index (χ4n) is 2.48. The number of aromatic nitrogens is 1. The molecule has 0 fully saturated rings. The Hall–Kier alpha value is -2.47. The maximum absolute atomic E-state index is 13.1. The number of methoxy groups -OCH3 is 4. The third-order valence-electron chi connectivity index (χ3n) is 3.57. The Morgan fingerprint density at radius 2 is 1.54 bits per heavy atom. The minimum atomic E-state index is -0.352. The molecule has 6 nitrogen and oxygen atoms in total. The van der Waals surface area contributed by atoms with E-state index in [1.807, 2.05) is 0 Å². The van der Waals surface area contributed by atoms with Crippen LogP contribution in [0.4, 0.5) is 0 Å². The molecule has 0 saturated heterocycles. The van der Waals surface area contributed by atoms with Gasteiger partial charge in [-0.3, -0.25) is 9.78 Å². The molecule has 7 heteroatoms. The number of benzene rings is 1. The molecule has 1 aromatic carbocycles. The fraction of sp³-hybridized carbons (Fsp3) is 0.294. The number of pyridine rings is 1. The Balaban J connectivity index is 2.75. The SMILES string of the molecule is COc1cc(C)c(C(=O)c2c(Cl)cncc2OC)c(OC)c1OC. The van der Waals surface area contributed by atoms with Crippen molar-refractivity contribution in [3.8, 4) is 23.0 Å². The number of hydrogen-bond donors (Lipinski definition) is 0. The molecule has 0 aliphatic rings. The number of aryl methyl sites for hydroxylation is 1. The summed E-state index contributed by atoms with van der Waals surface area (Å²) in [6, 6.07) is 1.70. The number of carbonyl (C=O) groups excluding carboxylic acids is 1. The first-order valence-corrected chi connectivity index (χ1v) is 7.39. The molecule has 0 aliphatic heterocycles. The quantitative estimate of drug-likeness (QED) is 0.744. The van der Waals surface area contributed by atoms with Gasteiger partial charge in [0.1, 0.15) is 5.75 Å². The van der Waals surface area contributed by atoms with Crippen LogP contribution >= 0.6 is 11.6 Å². The summed E-state index contributed by atoms with van der Waals surface area (Å²) >= 11 is 6.17. The van der Waals surface area contributed by atoms with Crippen LogP contribution in [0, 0.1) is 6.92 Å². The van der Waals surface area contributed by atoms with Gasteiger partial charge in [0.2, 0.25) is 11.5 Å². The highest BCUT2D eigenvalue weighted by Crippen LogP contribution is 2.43. The lowest BCUT2D eigenvalue weighted by molar-refractivity contribution is 0.103. The maximum Gasteiger partial charge on any atom is 0.204 e. The first-order valence-electron chi connectivity index (χ1n) is 7.01. The van der Waals surface area contributed by atoms with Gasteiger partial charge in [-0.2, -0.15) is 0 Å². The molecular weight excluding hydrogens is 334 g/mol. The third kappa shape index (κ3) is 2.97. The molecule has 24 heavy (non-hydrogen) atoms. The van der Waals surface area contributed by atoms with Gasteiger partial charge in [0.25, 0.3) is 0 Å². The first-order chi connectivity index (χ1) is 11.5. The van der Waals surface area contributed by atoms with Gasteiger partial charge in [-0.05, 0) is 18.6 Å². The normalized spacial score (nSPS) is 10.2. The molecule has 1 aromatic heterocycles. The number of rotatable bonds is 6. The predicted molar refractivity (Wildman–Crippen MR) is 90.1 cm³/mol. The standard InChI is InChI=1S/C17H18ClNO5/c1-9-6-11(21-2)16(23-4)17(24-5)13(9)15(20)14-10(18)7-19-8-12(14)22-3/h6-8H,1-5H3. The number of ether oxygens (including phenoxy) is 4. The molecule has 1 heterocycles. The van der Waals surface area contributed by atoms with E-state index in [0.717, 1.165) is 0 Å². The predicted octanol–water partition coefficient (Wildman–Crippen LogP) is 3.31. The van der Waals surface area contributed by atoms with Crippen molar-refractivity contribution < 1.29 is 23.7 Å². The van der Waals surface area contributed by atoms with Crippen molar-refractivity contribution in [2.45, 2.75) is 6.92 Å². The van der Waals surface area contributed by atoms with Crippen LogP contribution in [0.3, 0.4) is 0 Å². The number of nitrogens with zero attached hydrogens (tertiary/aromatic N) is 1. The van der Waals surface area contributed by atoms with E-state index in [1.54, 1.807) is 13.0 Å². The molecule has 0 unspecified atom stereocenters. The summed E-state index contributed by atoms with van der Waals surface area (Å²) in [5.74, 6) is 1.00. The molecule has 128 valence electrons. The van der Waals surface area contributed by atoms with Crippen LogP contribution < -0.4 is 18.9 Å². The smallest absolute Gasteiger partial charge is 0.204 e. The molecule has 0 N–H and O–H groups in total. The molecule has 2 rings (SSSR count). The molecule has 0 saturated carbocycles. The van der Waals surface area contributed by atoms with Crippen LogP contribution in [0.25, 0.3) is 0 Å². The summed E-state index contributed by atoms with van der Waals surface area (Å²) in [5, 5.41) is 0.190. The second-order valence-electron chi connectivity index (χ2n) is 4.86. The van der Waals surface area contributed by atoms with E-state index in [1.165, 1.54) is 40.8 Å². The topological polar surface area (TPSA) is 66.9 Å². The van der Waals surface area contributed by atoms with E-state index in [2.05, 4.69) is 4.98 Å². The molecule has 0 atom stereocenters. The van der Waals surface area contributed by atoms with E-state index in [4.69, 9.17) is 30.5 Å². The van der Waals surface area contributed by atoms with Crippen LogP contribution in [-0.2, 0) is 0 Å². The number of halogens is 1. The lowest BCUT2D eigenvalue weighted by Gasteiger charge is -2.18. The molecule has 0 aliphatic carbocycles. The first kappa shape index (κ1) is 17.9. The van der Waals surface area contributed by atoms with Gasteiger partial charge in [0.15, 0.2) is 11.5 Å². The van der Waals surface area contributed by atoms with Gasteiger partial charge in [0, 0.05) is 6.20 Å². The van der Waals surface area contributed by atoms with Crippen molar-refractivity contribution in [2.75, 3.05) is 28.4 Å². The minimum absolute atomic E-state index is 0.190. The zero-order chi connectivity index (χ0) is 17.9. The summed E-state index contributed by atoms with van der Waals surface area (Å²) in [6.45, 7) is 1.78. The highest BCUT2D eigenvalue weighted by molar-refractivity contribution is 6.35. The van der Waals surface area contributed by atoms with Gasteiger partial charge in [-0.15, -0.1) is 0 Å². The highest BCUT2D eigenvalue weighted by Gasteiger charge is 2.28. The Morgan fingerprint density at radius 1 is 0.917 bits per heavy atom. The average Bonchev–Trinajstić information content (AvgIpc) is 2.59. The number of ketones is 1. The van der Waals surface area contributed by atoms with Crippen molar-refractivity contribution in [1.29, 1.82) is 0 Å². The molecule has 2 aromatic rings. The van der Waals surface area contributed by atoms with Gasteiger partial charge >= 0.3 is 0 Å². The summed E-state index contributed by atoms with van der Waals surface area (Å²) in [4.78, 5) is 17.1. The van der Waals surface area contributed by atoms with Crippen LogP contribution in [0.15, 0.2) is 18.5 Å². The Bertz CT molecular complexity index is 776. The van der Waals surface area contributed by atoms with E-state index < -0.39 is 0 Å². The van der Waals surface area contributed by atoms with E-state index in [0.29, 0.717) is 22.6 Å². The summed E-state index contributed by atoms with van der Waals surface area (Å²) in [7, 11) is 5.90.